The van der Waals surface area contributed by atoms with Crippen LogP contribution in [-0.4, -0.2) is 9.97 Å². The first-order valence-corrected chi connectivity index (χ1v) is 6.27. The van der Waals surface area contributed by atoms with Crippen molar-refractivity contribution in [3.63, 3.8) is 0 Å². The maximum Gasteiger partial charge on any atom is 0.216 e. The van der Waals surface area contributed by atoms with Crippen LogP contribution in [0.1, 0.15) is 0 Å². The second-order valence-corrected chi connectivity index (χ2v) is 4.54. The second kappa shape index (κ2) is 5.28. The van der Waals surface area contributed by atoms with Crippen LogP contribution in [0.2, 0.25) is 0 Å². The van der Waals surface area contributed by atoms with Gasteiger partial charge in [0.1, 0.15) is 0 Å². The summed E-state index contributed by atoms with van der Waals surface area (Å²) in [5.41, 5.74) is 9.37. The summed E-state index contributed by atoms with van der Waals surface area (Å²) in [5.74, 6) is -1.72. The van der Waals surface area contributed by atoms with Crippen LogP contribution in [0.4, 0.5) is 14.5 Å². The molecular formula is C16H11F2N3. The molecule has 0 amide bonds. The van der Waals surface area contributed by atoms with Gasteiger partial charge >= 0.3 is 0 Å². The third-order valence-electron chi connectivity index (χ3n) is 3.14. The highest BCUT2D eigenvalue weighted by molar-refractivity contribution is 5.81. The Labute approximate surface area is 120 Å². The van der Waals surface area contributed by atoms with E-state index in [9.17, 15) is 8.78 Å². The highest BCUT2D eigenvalue weighted by Gasteiger charge is 2.08. The van der Waals surface area contributed by atoms with E-state index < -0.39 is 11.9 Å². The Bertz CT molecular complexity index is 769. The lowest BCUT2D eigenvalue weighted by molar-refractivity contribution is 0.513. The number of nitrogens with two attached hydrogens (primary N) is 1. The number of aromatic nitrogens is 2. The average Bonchev–Trinajstić information content (AvgIpc) is 2.47. The predicted molar refractivity (Wildman–Crippen MR) is 77.2 cm³/mol. The minimum atomic E-state index is -0.859. The number of benzene rings is 1. The van der Waals surface area contributed by atoms with Crippen LogP contribution in [0.3, 0.4) is 0 Å². The Hall–Kier alpha value is -2.82. The number of hydrogen-bond acceptors (Lipinski definition) is 3. The number of hydrogen-bond donors (Lipinski definition) is 1. The van der Waals surface area contributed by atoms with Crippen molar-refractivity contribution in [1.82, 2.24) is 9.97 Å². The zero-order valence-corrected chi connectivity index (χ0v) is 10.9. The van der Waals surface area contributed by atoms with E-state index in [1.54, 1.807) is 24.5 Å². The summed E-state index contributed by atoms with van der Waals surface area (Å²) in [5, 5.41) is 0. The molecule has 0 aliphatic heterocycles. The minimum absolute atomic E-state index is 0.396. The molecule has 3 nitrogen and oxygen atoms in total. The van der Waals surface area contributed by atoms with E-state index in [4.69, 9.17) is 5.73 Å². The first-order valence-electron chi connectivity index (χ1n) is 6.27. The summed E-state index contributed by atoms with van der Waals surface area (Å²) in [4.78, 5) is 7.03. The number of rotatable bonds is 2. The van der Waals surface area contributed by atoms with Crippen molar-refractivity contribution in [2.24, 2.45) is 0 Å². The maximum atomic E-state index is 13.2. The first-order chi connectivity index (χ1) is 10.1. The molecule has 2 N–H and O–H groups in total. The van der Waals surface area contributed by atoms with Crippen molar-refractivity contribution in [3.05, 3.63) is 66.8 Å². The molecule has 2 aromatic heterocycles. The molecule has 5 heteroatoms. The number of pyridine rings is 2. The lowest BCUT2D eigenvalue weighted by Crippen LogP contribution is -1.93. The SMILES string of the molecule is Nc1cc(-c2cc(F)nc(F)c2)ccc1-c1ccncc1. The van der Waals surface area contributed by atoms with Crippen LogP contribution in [0.15, 0.2) is 54.9 Å². The van der Waals surface area contributed by atoms with Gasteiger partial charge in [-0.25, -0.2) is 0 Å². The molecule has 0 saturated carbocycles. The standard InChI is InChI=1S/C16H11F2N3/c17-15-8-12(9-16(18)21-15)11-1-2-13(14(19)7-11)10-3-5-20-6-4-10/h1-9H,19H2. The molecule has 0 saturated heterocycles. The molecule has 0 bridgehead atoms. The van der Waals surface area contributed by atoms with Gasteiger partial charge in [-0.05, 0) is 34.9 Å². The van der Waals surface area contributed by atoms with Gasteiger partial charge in [-0.15, -0.1) is 0 Å². The summed E-state index contributed by atoms with van der Waals surface area (Å²) in [6.07, 6.45) is 3.35. The number of nitrogen functional groups attached to an aromatic ring is 1. The average molecular weight is 283 g/mol. The third-order valence-corrected chi connectivity index (χ3v) is 3.14. The summed E-state index contributed by atoms with van der Waals surface area (Å²) in [6.45, 7) is 0. The third kappa shape index (κ3) is 2.72. The van der Waals surface area contributed by atoms with Gasteiger partial charge in [-0.2, -0.15) is 13.8 Å². The van der Waals surface area contributed by atoms with Gasteiger partial charge in [0.25, 0.3) is 0 Å². The predicted octanol–water partition coefficient (Wildman–Crippen LogP) is 3.67. The van der Waals surface area contributed by atoms with Crippen LogP contribution in [-0.2, 0) is 0 Å². The van der Waals surface area contributed by atoms with Gasteiger partial charge in [-0.3, -0.25) is 4.98 Å². The molecule has 0 atom stereocenters. The van der Waals surface area contributed by atoms with Gasteiger partial charge in [0.2, 0.25) is 11.9 Å². The Morgan fingerprint density at radius 3 is 2.05 bits per heavy atom. The fourth-order valence-corrected chi connectivity index (χ4v) is 2.17. The van der Waals surface area contributed by atoms with Crippen molar-refractivity contribution < 1.29 is 8.78 Å². The van der Waals surface area contributed by atoms with Gasteiger partial charge in [0, 0.05) is 35.8 Å². The first kappa shape index (κ1) is 13.2. The number of nitrogens with zero attached hydrogens (tertiary/aromatic N) is 2. The molecule has 0 fully saturated rings. The topological polar surface area (TPSA) is 51.8 Å². The normalized spacial score (nSPS) is 10.6. The van der Waals surface area contributed by atoms with Crippen molar-refractivity contribution >= 4 is 5.69 Å². The van der Waals surface area contributed by atoms with Crippen LogP contribution in [0.25, 0.3) is 22.3 Å². The Kier molecular flexibility index (Phi) is 3.31. The van der Waals surface area contributed by atoms with Gasteiger partial charge in [0.15, 0.2) is 0 Å². The molecule has 0 aliphatic rings. The lowest BCUT2D eigenvalue weighted by Gasteiger charge is -2.09. The number of anilines is 1. The molecule has 3 rings (SSSR count). The van der Waals surface area contributed by atoms with Crippen LogP contribution in [0.5, 0.6) is 0 Å². The summed E-state index contributed by atoms with van der Waals surface area (Å²) in [6, 6.07) is 11.3. The molecule has 0 radical (unpaired) electrons. The highest BCUT2D eigenvalue weighted by atomic mass is 19.1. The lowest BCUT2D eigenvalue weighted by atomic mass is 9.99. The molecular weight excluding hydrogens is 272 g/mol. The zero-order valence-electron chi connectivity index (χ0n) is 10.9. The van der Waals surface area contributed by atoms with Crippen molar-refractivity contribution in [1.29, 1.82) is 0 Å². The van der Waals surface area contributed by atoms with E-state index in [-0.39, 0.29) is 0 Å². The second-order valence-electron chi connectivity index (χ2n) is 4.54. The highest BCUT2D eigenvalue weighted by Crippen LogP contribution is 2.30. The van der Waals surface area contributed by atoms with Gasteiger partial charge in [0.05, 0.1) is 0 Å². The van der Waals surface area contributed by atoms with Crippen LogP contribution < -0.4 is 5.73 Å². The molecule has 0 spiro atoms. The smallest absolute Gasteiger partial charge is 0.216 e. The van der Waals surface area contributed by atoms with Crippen molar-refractivity contribution in [2.75, 3.05) is 5.73 Å². The molecule has 21 heavy (non-hydrogen) atoms. The van der Waals surface area contributed by atoms with E-state index in [0.717, 1.165) is 11.1 Å². The monoisotopic (exact) mass is 283 g/mol. The summed E-state index contributed by atoms with van der Waals surface area (Å²) < 4.78 is 26.3. The largest absolute Gasteiger partial charge is 0.398 e. The fourth-order valence-electron chi connectivity index (χ4n) is 2.17. The maximum absolute atomic E-state index is 13.2. The molecule has 2 heterocycles. The Morgan fingerprint density at radius 1 is 0.762 bits per heavy atom. The van der Waals surface area contributed by atoms with Crippen molar-refractivity contribution in [2.45, 2.75) is 0 Å². The van der Waals surface area contributed by atoms with E-state index in [0.29, 0.717) is 16.8 Å². The summed E-state index contributed by atoms with van der Waals surface area (Å²) in [7, 11) is 0. The van der Waals surface area contributed by atoms with E-state index >= 15 is 0 Å². The van der Waals surface area contributed by atoms with E-state index in [1.165, 1.54) is 12.1 Å². The molecule has 0 unspecified atom stereocenters. The van der Waals surface area contributed by atoms with E-state index in [2.05, 4.69) is 9.97 Å². The molecule has 0 aliphatic carbocycles. The Morgan fingerprint density at radius 2 is 1.43 bits per heavy atom. The van der Waals surface area contributed by atoms with Crippen molar-refractivity contribution in [3.8, 4) is 22.3 Å². The zero-order chi connectivity index (χ0) is 14.8. The van der Waals surface area contributed by atoms with Crippen LogP contribution in [0, 0.1) is 11.9 Å². The quantitative estimate of drug-likeness (QED) is 0.576. The molecule has 104 valence electrons. The fraction of sp³-hybridized carbons (Fsp3) is 0. The molecule has 3 aromatic rings. The molecule has 1 aromatic carbocycles. The Balaban J connectivity index is 2.05. The number of halogens is 2. The van der Waals surface area contributed by atoms with Gasteiger partial charge in [-0.1, -0.05) is 12.1 Å². The van der Waals surface area contributed by atoms with E-state index in [1.807, 2.05) is 18.2 Å². The van der Waals surface area contributed by atoms with Gasteiger partial charge < -0.3 is 5.73 Å². The van der Waals surface area contributed by atoms with Crippen LogP contribution >= 0.6 is 0 Å². The minimum Gasteiger partial charge on any atom is -0.398 e. The summed E-state index contributed by atoms with van der Waals surface area (Å²) >= 11 is 0.